The van der Waals surface area contributed by atoms with Gasteiger partial charge < -0.3 is 24.4 Å². The standard InChI is InChI=1S/C23H26N2O6/c1-15(22(27)24-17-12-19(29-2)14-20(13-17)30-3)31-23(28)16-7-9-18(10-8-16)25-11-5-4-6-21(25)26/h7-10,12-15H,4-6,11H2,1-3H3,(H,24,27). The van der Waals surface area contributed by atoms with Crippen molar-refractivity contribution >= 4 is 29.2 Å². The molecule has 2 aromatic rings. The van der Waals surface area contributed by atoms with Crippen molar-refractivity contribution in [1.29, 1.82) is 0 Å². The fraction of sp³-hybridized carbons (Fsp3) is 0.348. The number of nitrogens with zero attached hydrogens (tertiary/aromatic N) is 1. The van der Waals surface area contributed by atoms with E-state index in [1.54, 1.807) is 47.4 Å². The van der Waals surface area contributed by atoms with Crippen LogP contribution in [0.1, 0.15) is 36.5 Å². The van der Waals surface area contributed by atoms with Crippen molar-refractivity contribution in [1.82, 2.24) is 0 Å². The van der Waals surface area contributed by atoms with Crippen molar-refractivity contribution < 1.29 is 28.6 Å². The van der Waals surface area contributed by atoms with Crippen molar-refractivity contribution in [3.05, 3.63) is 48.0 Å². The van der Waals surface area contributed by atoms with E-state index in [2.05, 4.69) is 5.32 Å². The molecule has 0 aromatic heterocycles. The Kier molecular flexibility index (Phi) is 7.12. The lowest BCUT2D eigenvalue weighted by Gasteiger charge is -2.26. The van der Waals surface area contributed by atoms with E-state index in [0.29, 0.717) is 35.7 Å². The van der Waals surface area contributed by atoms with Crippen LogP contribution in [0.2, 0.25) is 0 Å². The molecule has 0 bridgehead atoms. The van der Waals surface area contributed by atoms with E-state index in [1.807, 2.05) is 0 Å². The second-order valence-corrected chi connectivity index (χ2v) is 7.19. The second-order valence-electron chi connectivity index (χ2n) is 7.19. The van der Waals surface area contributed by atoms with Gasteiger partial charge in [-0.15, -0.1) is 0 Å². The third kappa shape index (κ3) is 5.53. The van der Waals surface area contributed by atoms with E-state index >= 15 is 0 Å². The summed E-state index contributed by atoms with van der Waals surface area (Å²) in [5.74, 6) is 0.0146. The molecule has 164 valence electrons. The molecule has 1 N–H and O–H groups in total. The van der Waals surface area contributed by atoms with Crippen LogP contribution in [0.5, 0.6) is 11.5 Å². The lowest BCUT2D eigenvalue weighted by Crippen LogP contribution is -2.35. The summed E-state index contributed by atoms with van der Waals surface area (Å²) in [6, 6.07) is 11.6. The van der Waals surface area contributed by atoms with Crippen LogP contribution in [-0.2, 0) is 14.3 Å². The summed E-state index contributed by atoms with van der Waals surface area (Å²) in [4.78, 5) is 38.7. The molecule has 3 rings (SSSR count). The Bertz CT molecular complexity index is 935. The summed E-state index contributed by atoms with van der Waals surface area (Å²) in [5.41, 5.74) is 1.51. The number of ether oxygens (including phenoxy) is 3. The normalized spacial score (nSPS) is 14.5. The molecule has 1 atom stereocenters. The molecule has 2 amide bonds. The molecule has 1 fully saturated rings. The molecule has 0 radical (unpaired) electrons. The second kappa shape index (κ2) is 9.97. The zero-order valence-electron chi connectivity index (χ0n) is 17.8. The maximum absolute atomic E-state index is 12.5. The van der Waals surface area contributed by atoms with E-state index in [4.69, 9.17) is 14.2 Å². The third-order valence-corrected chi connectivity index (χ3v) is 5.01. The van der Waals surface area contributed by atoms with E-state index in [0.717, 1.165) is 18.5 Å². The minimum absolute atomic E-state index is 0.0843. The van der Waals surface area contributed by atoms with E-state index < -0.39 is 18.0 Å². The van der Waals surface area contributed by atoms with Crippen molar-refractivity contribution in [2.75, 3.05) is 31.0 Å². The van der Waals surface area contributed by atoms with Gasteiger partial charge in [-0.25, -0.2) is 4.79 Å². The summed E-state index contributed by atoms with van der Waals surface area (Å²) in [5, 5.41) is 2.68. The van der Waals surface area contributed by atoms with Gasteiger partial charge in [-0.05, 0) is 44.0 Å². The summed E-state index contributed by atoms with van der Waals surface area (Å²) < 4.78 is 15.7. The number of benzene rings is 2. The average molecular weight is 426 g/mol. The number of carbonyl (C=O) groups is 3. The summed E-state index contributed by atoms with van der Waals surface area (Å²) >= 11 is 0. The van der Waals surface area contributed by atoms with Gasteiger partial charge in [-0.3, -0.25) is 9.59 Å². The number of carbonyl (C=O) groups excluding carboxylic acids is 3. The van der Waals surface area contributed by atoms with Crippen molar-refractivity contribution in [3.8, 4) is 11.5 Å². The lowest BCUT2D eigenvalue weighted by molar-refractivity contribution is -0.123. The first-order chi connectivity index (χ1) is 14.9. The molecule has 0 saturated carbocycles. The smallest absolute Gasteiger partial charge is 0.338 e. The Labute approximate surface area is 181 Å². The maximum atomic E-state index is 12.5. The highest BCUT2D eigenvalue weighted by Gasteiger charge is 2.22. The molecule has 1 saturated heterocycles. The number of rotatable bonds is 7. The van der Waals surface area contributed by atoms with Gasteiger partial charge in [0.1, 0.15) is 11.5 Å². The lowest BCUT2D eigenvalue weighted by atomic mass is 10.1. The van der Waals surface area contributed by atoms with Crippen LogP contribution < -0.4 is 19.7 Å². The molecule has 0 spiro atoms. The zero-order chi connectivity index (χ0) is 22.4. The number of hydrogen-bond acceptors (Lipinski definition) is 6. The van der Waals surface area contributed by atoms with Crippen molar-refractivity contribution in [2.24, 2.45) is 0 Å². The molecular formula is C23H26N2O6. The number of hydrogen-bond donors (Lipinski definition) is 1. The van der Waals surface area contributed by atoms with Gasteiger partial charge in [-0.1, -0.05) is 0 Å². The first kappa shape index (κ1) is 22.1. The van der Waals surface area contributed by atoms with Crippen molar-refractivity contribution in [3.63, 3.8) is 0 Å². The number of nitrogens with one attached hydrogen (secondary N) is 1. The topological polar surface area (TPSA) is 94.2 Å². The Balaban J connectivity index is 1.61. The molecule has 0 aliphatic carbocycles. The van der Waals surface area contributed by atoms with Crippen LogP contribution >= 0.6 is 0 Å². The van der Waals surface area contributed by atoms with Gasteiger partial charge in [0.25, 0.3) is 5.91 Å². The summed E-state index contributed by atoms with van der Waals surface area (Å²) in [6.45, 7) is 2.17. The highest BCUT2D eigenvalue weighted by molar-refractivity contribution is 5.98. The van der Waals surface area contributed by atoms with Crippen molar-refractivity contribution in [2.45, 2.75) is 32.3 Å². The molecular weight excluding hydrogens is 400 g/mol. The molecule has 1 unspecified atom stereocenters. The van der Waals surface area contributed by atoms with E-state index in [9.17, 15) is 14.4 Å². The predicted molar refractivity (Wildman–Crippen MR) is 116 cm³/mol. The van der Waals surface area contributed by atoms with Crippen LogP contribution in [0.3, 0.4) is 0 Å². The fourth-order valence-corrected chi connectivity index (χ4v) is 3.26. The molecule has 8 nitrogen and oxygen atoms in total. The predicted octanol–water partition coefficient (Wildman–Crippen LogP) is 3.40. The number of piperidine rings is 1. The van der Waals surface area contributed by atoms with Gasteiger partial charge >= 0.3 is 5.97 Å². The minimum Gasteiger partial charge on any atom is -0.497 e. The number of amides is 2. The third-order valence-electron chi connectivity index (χ3n) is 5.01. The first-order valence-corrected chi connectivity index (χ1v) is 10.1. The Morgan fingerprint density at radius 1 is 1.00 bits per heavy atom. The molecule has 1 heterocycles. The number of methoxy groups -OCH3 is 2. The molecule has 2 aromatic carbocycles. The number of anilines is 2. The summed E-state index contributed by atoms with van der Waals surface area (Å²) in [7, 11) is 3.02. The van der Waals surface area contributed by atoms with Crippen LogP contribution in [0.4, 0.5) is 11.4 Å². The molecule has 1 aliphatic rings. The van der Waals surface area contributed by atoms with Crippen LogP contribution in [0.25, 0.3) is 0 Å². The van der Waals surface area contributed by atoms with Gasteiger partial charge in [0.05, 0.1) is 19.8 Å². The minimum atomic E-state index is -1.02. The fourth-order valence-electron chi connectivity index (χ4n) is 3.26. The Morgan fingerprint density at radius 2 is 1.65 bits per heavy atom. The first-order valence-electron chi connectivity index (χ1n) is 10.1. The highest BCUT2D eigenvalue weighted by atomic mass is 16.5. The van der Waals surface area contributed by atoms with Gasteiger partial charge in [0.2, 0.25) is 5.91 Å². The van der Waals surface area contributed by atoms with Gasteiger partial charge in [0.15, 0.2) is 6.10 Å². The highest BCUT2D eigenvalue weighted by Crippen LogP contribution is 2.26. The quantitative estimate of drug-likeness (QED) is 0.682. The molecule has 8 heteroatoms. The maximum Gasteiger partial charge on any atom is 0.338 e. The van der Waals surface area contributed by atoms with Crippen LogP contribution in [-0.4, -0.2) is 44.7 Å². The Hall–Kier alpha value is -3.55. The van der Waals surface area contributed by atoms with Gasteiger partial charge in [0, 0.05) is 42.5 Å². The number of esters is 1. The Morgan fingerprint density at radius 3 is 2.23 bits per heavy atom. The zero-order valence-corrected chi connectivity index (χ0v) is 17.8. The largest absolute Gasteiger partial charge is 0.497 e. The SMILES string of the molecule is COc1cc(NC(=O)C(C)OC(=O)c2ccc(N3CCCCC3=O)cc2)cc(OC)c1. The average Bonchev–Trinajstić information content (AvgIpc) is 2.79. The van der Waals surface area contributed by atoms with Crippen LogP contribution in [0.15, 0.2) is 42.5 Å². The van der Waals surface area contributed by atoms with Gasteiger partial charge in [-0.2, -0.15) is 0 Å². The molecule has 1 aliphatic heterocycles. The monoisotopic (exact) mass is 426 g/mol. The molecule has 31 heavy (non-hydrogen) atoms. The van der Waals surface area contributed by atoms with Crippen LogP contribution in [0, 0.1) is 0 Å². The van der Waals surface area contributed by atoms with E-state index in [-0.39, 0.29) is 5.91 Å². The summed E-state index contributed by atoms with van der Waals surface area (Å²) in [6.07, 6.45) is 1.38. The van der Waals surface area contributed by atoms with E-state index in [1.165, 1.54) is 21.1 Å².